The highest BCUT2D eigenvalue weighted by molar-refractivity contribution is 7.89. The van der Waals surface area contributed by atoms with Crippen molar-refractivity contribution in [1.82, 2.24) is 8.87 Å². The third kappa shape index (κ3) is 3.18. The van der Waals surface area contributed by atoms with E-state index in [1.807, 2.05) is 56.6 Å². The van der Waals surface area contributed by atoms with Crippen molar-refractivity contribution < 1.29 is 8.42 Å². The van der Waals surface area contributed by atoms with Crippen LogP contribution in [0.15, 0.2) is 70.7 Å². The summed E-state index contributed by atoms with van der Waals surface area (Å²) in [7, 11) is -1.78. The molecule has 0 bridgehead atoms. The minimum absolute atomic E-state index is 0.0409. The average Bonchev–Trinajstić information content (AvgIpc) is 3.46. The summed E-state index contributed by atoms with van der Waals surface area (Å²) >= 11 is 0. The van der Waals surface area contributed by atoms with Gasteiger partial charge in [0.25, 0.3) is 10.0 Å². The minimum Gasteiger partial charge on any atom is -0.369 e. The van der Waals surface area contributed by atoms with Gasteiger partial charge in [0.05, 0.1) is 17.5 Å². The number of guanidine groups is 1. The summed E-state index contributed by atoms with van der Waals surface area (Å²) in [6.45, 7) is 3.03. The van der Waals surface area contributed by atoms with Crippen molar-refractivity contribution in [3.8, 4) is 0 Å². The Kier molecular flexibility index (Phi) is 4.55. The lowest BCUT2D eigenvalue weighted by atomic mass is 10.0. The molecule has 160 valence electrons. The summed E-state index contributed by atoms with van der Waals surface area (Å²) in [5, 5.41) is 0. The summed E-state index contributed by atoms with van der Waals surface area (Å²) in [4.78, 5) is 6.92. The average molecular weight is 436 g/mol. The predicted molar refractivity (Wildman–Crippen MR) is 122 cm³/mol. The van der Waals surface area contributed by atoms with Crippen molar-refractivity contribution in [2.45, 2.75) is 24.3 Å². The first-order valence-electron chi connectivity index (χ1n) is 10.3. The second kappa shape index (κ2) is 7.16. The van der Waals surface area contributed by atoms with Gasteiger partial charge in [-0.05, 0) is 60.4 Å². The van der Waals surface area contributed by atoms with E-state index in [-0.39, 0.29) is 23.4 Å². The molecular formula is C23H25N5O2S. The van der Waals surface area contributed by atoms with E-state index in [9.17, 15) is 8.42 Å². The molecule has 2 aliphatic rings. The van der Waals surface area contributed by atoms with Crippen LogP contribution >= 0.6 is 0 Å². The number of rotatable bonds is 4. The van der Waals surface area contributed by atoms with Crippen LogP contribution < -0.4 is 10.6 Å². The molecule has 1 unspecified atom stereocenters. The van der Waals surface area contributed by atoms with E-state index in [0.717, 1.165) is 41.2 Å². The molecule has 8 heteroatoms. The summed E-state index contributed by atoms with van der Waals surface area (Å²) in [5.74, 6) is 1.13. The molecule has 1 aromatic heterocycles. The highest BCUT2D eigenvalue weighted by Crippen LogP contribution is 2.37. The van der Waals surface area contributed by atoms with Gasteiger partial charge in [-0.2, -0.15) is 0 Å². The first kappa shape index (κ1) is 19.7. The van der Waals surface area contributed by atoms with Gasteiger partial charge in [0.2, 0.25) is 5.96 Å². The fourth-order valence-electron chi connectivity index (χ4n) is 4.50. The van der Waals surface area contributed by atoms with Crippen LogP contribution in [0.5, 0.6) is 0 Å². The fraction of sp³-hybridized carbons (Fsp3) is 0.261. The summed E-state index contributed by atoms with van der Waals surface area (Å²) < 4.78 is 30.1. The Bertz CT molecular complexity index is 1290. The zero-order valence-corrected chi connectivity index (χ0v) is 18.4. The van der Waals surface area contributed by atoms with E-state index in [1.54, 1.807) is 12.1 Å². The van der Waals surface area contributed by atoms with Crippen LogP contribution in [0.25, 0.3) is 0 Å². The molecule has 0 spiro atoms. The van der Waals surface area contributed by atoms with Crippen molar-refractivity contribution in [3.05, 3.63) is 77.5 Å². The molecular weight excluding hydrogens is 410 g/mol. The smallest absolute Gasteiger partial charge is 0.266 e. The van der Waals surface area contributed by atoms with Crippen LogP contribution in [0.2, 0.25) is 0 Å². The normalized spacial score (nSPS) is 18.4. The van der Waals surface area contributed by atoms with E-state index in [1.165, 1.54) is 4.31 Å². The lowest BCUT2D eigenvalue weighted by Crippen LogP contribution is -2.39. The van der Waals surface area contributed by atoms with Gasteiger partial charge in [-0.1, -0.05) is 24.3 Å². The number of fused-ring (bicyclic) bond motifs is 1. The molecule has 7 nitrogen and oxygen atoms in total. The molecule has 3 heterocycles. The van der Waals surface area contributed by atoms with Crippen LogP contribution in [-0.4, -0.2) is 36.3 Å². The third-order valence-corrected chi connectivity index (χ3v) is 7.92. The Labute approximate surface area is 182 Å². The number of nitrogens with zero attached hydrogens (tertiary/aromatic N) is 4. The van der Waals surface area contributed by atoms with Crippen molar-refractivity contribution >= 4 is 27.5 Å². The molecule has 0 saturated heterocycles. The SMILES string of the molecule is Cc1ccccc1C1CN(S(=O)(=O)c2ccc3c(c2)CCN3c2cccn2C)C(N)=N1. The third-order valence-electron chi connectivity index (χ3n) is 6.16. The van der Waals surface area contributed by atoms with Crippen molar-refractivity contribution in [3.63, 3.8) is 0 Å². The van der Waals surface area contributed by atoms with Crippen molar-refractivity contribution in [1.29, 1.82) is 0 Å². The van der Waals surface area contributed by atoms with Gasteiger partial charge < -0.3 is 15.2 Å². The summed E-state index contributed by atoms with van der Waals surface area (Å²) in [6.07, 6.45) is 2.80. The molecule has 0 saturated carbocycles. The number of hydrogen-bond donors (Lipinski definition) is 1. The number of aliphatic imine (C=N–C) groups is 1. The molecule has 2 aliphatic heterocycles. The Morgan fingerprint density at radius 3 is 2.65 bits per heavy atom. The zero-order valence-electron chi connectivity index (χ0n) is 17.6. The molecule has 3 aromatic rings. The molecule has 0 aliphatic carbocycles. The van der Waals surface area contributed by atoms with Gasteiger partial charge in [0.1, 0.15) is 5.82 Å². The highest BCUT2D eigenvalue weighted by Gasteiger charge is 2.36. The Morgan fingerprint density at radius 2 is 1.90 bits per heavy atom. The van der Waals surface area contributed by atoms with Gasteiger partial charge in [-0.15, -0.1) is 0 Å². The number of anilines is 2. The topological polar surface area (TPSA) is 83.9 Å². The van der Waals surface area contributed by atoms with Crippen LogP contribution in [0.1, 0.15) is 22.7 Å². The number of aryl methyl sites for hydroxylation is 2. The standard InChI is InChI=1S/C23H25N5O2S/c1-16-6-3-4-7-19(16)20-15-28(23(24)25-20)31(29,30)18-9-10-21-17(14-18)11-13-27(21)22-8-5-12-26(22)2/h3-10,12,14,20H,11,13,15H2,1-2H3,(H2,24,25). The maximum Gasteiger partial charge on any atom is 0.266 e. The van der Waals surface area contributed by atoms with Gasteiger partial charge in [-0.25, -0.2) is 17.7 Å². The fourth-order valence-corrected chi connectivity index (χ4v) is 5.92. The quantitative estimate of drug-likeness (QED) is 0.683. The maximum absolute atomic E-state index is 13.4. The van der Waals surface area contributed by atoms with Crippen molar-refractivity contribution in [2.75, 3.05) is 18.0 Å². The molecule has 0 fully saturated rings. The number of benzene rings is 2. The lowest BCUT2D eigenvalue weighted by molar-refractivity contribution is 0.518. The first-order valence-corrected chi connectivity index (χ1v) is 11.7. The second-order valence-electron chi connectivity index (χ2n) is 8.07. The number of nitrogens with two attached hydrogens (primary N) is 1. The monoisotopic (exact) mass is 435 g/mol. The van der Waals surface area contributed by atoms with Crippen LogP contribution in [0.3, 0.4) is 0 Å². The van der Waals surface area contributed by atoms with E-state index in [2.05, 4.69) is 20.5 Å². The van der Waals surface area contributed by atoms with E-state index in [4.69, 9.17) is 5.73 Å². The largest absolute Gasteiger partial charge is 0.369 e. The molecule has 0 amide bonds. The Hall–Kier alpha value is -3.26. The van der Waals surface area contributed by atoms with E-state index >= 15 is 0 Å². The molecule has 31 heavy (non-hydrogen) atoms. The van der Waals surface area contributed by atoms with Crippen LogP contribution in [0, 0.1) is 6.92 Å². The second-order valence-corrected chi connectivity index (χ2v) is 9.93. The molecule has 2 N–H and O–H groups in total. The zero-order chi connectivity index (χ0) is 21.8. The number of sulfonamides is 1. The van der Waals surface area contributed by atoms with E-state index < -0.39 is 10.0 Å². The maximum atomic E-state index is 13.4. The lowest BCUT2D eigenvalue weighted by Gasteiger charge is -2.22. The van der Waals surface area contributed by atoms with Crippen LogP contribution in [-0.2, 0) is 23.5 Å². The number of aromatic nitrogens is 1. The summed E-state index contributed by atoms with van der Waals surface area (Å²) in [5.41, 5.74) is 10.2. The van der Waals surface area contributed by atoms with Gasteiger partial charge in [0, 0.05) is 25.5 Å². The van der Waals surface area contributed by atoms with E-state index in [0.29, 0.717) is 0 Å². The molecule has 0 radical (unpaired) electrons. The molecule has 5 rings (SSSR count). The van der Waals surface area contributed by atoms with Crippen molar-refractivity contribution in [2.24, 2.45) is 17.8 Å². The summed E-state index contributed by atoms with van der Waals surface area (Å²) in [6, 6.07) is 17.0. The Morgan fingerprint density at radius 1 is 1.10 bits per heavy atom. The minimum atomic E-state index is -3.79. The van der Waals surface area contributed by atoms with Gasteiger partial charge in [0.15, 0.2) is 0 Å². The Balaban J connectivity index is 1.44. The van der Waals surface area contributed by atoms with Gasteiger partial charge in [-0.3, -0.25) is 0 Å². The molecule has 1 atom stereocenters. The molecule has 2 aromatic carbocycles. The highest BCUT2D eigenvalue weighted by atomic mass is 32.2. The van der Waals surface area contributed by atoms with Crippen LogP contribution in [0.4, 0.5) is 11.5 Å². The predicted octanol–water partition coefficient (Wildman–Crippen LogP) is 3.09. The van der Waals surface area contributed by atoms with Gasteiger partial charge >= 0.3 is 0 Å². The number of hydrogen-bond acceptors (Lipinski definition) is 5. The first-order chi connectivity index (χ1) is 14.9.